The predicted molar refractivity (Wildman–Crippen MR) is 107 cm³/mol. The number of fused-ring (bicyclic) bond motifs is 1. The zero-order chi connectivity index (χ0) is 23.2. The lowest BCUT2D eigenvalue weighted by molar-refractivity contribution is -0.159. The molecule has 162 valence electrons. The number of aliphatic carboxylic acids is 2. The number of hydrogen-bond donors (Lipinski definition) is 2. The van der Waals surface area contributed by atoms with Crippen LogP contribution in [0.25, 0.3) is 0 Å². The third kappa shape index (κ3) is 5.43. The van der Waals surface area contributed by atoms with E-state index in [1.54, 1.807) is 30.3 Å². The van der Waals surface area contributed by atoms with Crippen molar-refractivity contribution in [3.8, 4) is 6.07 Å². The molecular formula is C22H21FN2O6. The van der Waals surface area contributed by atoms with Crippen molar-refractivity contribution >= 4 is 17.9 Å². The highest BCUT2D eigenvalue weighted by atomic mass is 19.1. The van der Waals surface area contributed by atoms with Crippen molar-refractivity contribution in [1.82, 2.24) is 4.90 Å². The number of esters is 1. The van der Waals surface area contributed by atoms with E-state index in [0.717, 1.165) is 24.1 Å². The lowest BCUT2D eigenvalue weighted by Gasteiger charge is -2.30. The minimum atomic E-state index is -1.82. The molecule has 2 aromatic rings. The van der Waals surface area contributed by atoms with Crippen molar-refractivity contribution in [3.05, 3.63) is 70.5 Å². The number of nitriles is 1. The minimum absolute atomic E-state index is 0.337. The molecule has 2 aromatic carbocycles. The van der Waals surface area contributed by atoms with E-state index in [1.807, 2.05) is 20.2 Å². The fourth-order valence-corrected chi connectivity index (χ4v) is 3.31. The van der Waals surface area contributed by atoms with Crippen LogP contribution in [-0.2, 0) is 19.9 Å². The number of rotatable bonds is 5. The first-order chi connectivity index (χ1) is 14.6. The number of hydrogen-bond acceptors (Lipinski definition) is 6. The van der Waals surface area contributed by atoms with E-state index in [0.29, 0.717) is 17.5 Å². The fraction of sp³-hybridized carbons (Fsp3) is 0.273. The first-order valence-corrected chi connectivity index (χ1v) is 9.25. The highest BCUT2D eigenvalue weighted by Gasteiger charge is 2.46. The minimum Gasteiger partial charge on any atom is -0.473 e. The number of carboxylic acid groups (broad SMARTS) is 2. The molecule has 1 heterocycles. The SMILES string of the molecule is CN(C)CCCC1(c2ccc(F)cc2)OC(=O)c2cc(C#N)ccc21.O=C(O)C(=O)O. The van der Waals surface area contributed by atoms with Crippen LogP contribution in [0.2, 0.25) is 0 Å². The van der Waals surface area contributed by atoms with Gasteiger partial charge in [0.25, 0.3) is 0 Å². The standard InChI is InChI=1S/C20H19FN2O2.C2H2O4/c1-23(2)11-3-10-20(15-5-7-16(21)8-6-15)18-9-4-14(13-22)12-17(18)19(24)25-20;3-1(4)2(5)6/h4-9,12H,3,10-11H2,1-2H3;(H,3,4)(H,5,6). The highest BCUT2D eigenvalue weighted by Crippen LogP contribution is 2.45. The maximum Gasteiger partial charge on any atom is 0.414 e. The highest BCUT2D eigenvalue weighted by molar-refractivity contribution is 6.27. The Morgan fingerprint density at radius 1 is 1.13 bits per heavy atom. The Balaban J connectivity index is 0.000000501. The van der Waals surface area contributed by atoms with Crippen LogP contribution in [0.1, 0.15) is 39.9 Å². The molecule has 1 atom stereocenters. The number of cyclic esters (lactones) is 1. The average molecular weight is 428 g/mol. The number of carbonyl (C=O) groups excluding carboxylic acids is 1. The summed E-state index contributed by atoms with van der Waals surface area (Å²) in [7, 11) is 3.97. The van der Waals surface area contributed by atoms with Crippen molar-refractivity contribution in [2.45, 2.75) is 18.4 Å². The second kappa shape index (κ2) is 9.82. The van der Waals surface area contributed by atoms with Gasteiger partial charge in [-0.1, -0.05) is 18.2 Å². The van der Waals surface area contributed by atoms with Crippen molar-refractivity contribution in [2.75, 3.05) is 20.6 Å². The molecule has 0 fully saturated rings. The Morgan fingerprint density at radius 2 is 1.74 bits per heavy atom. The summed E-state index contributed by atoms with van der Waals surface area (Å²) in [6.45, 7) is 0.839. The van der Waals surface area contributed by atoms with E-state index in [2.05, 4.69) is 4.90 Å². The molecule has 31 heavy (non-hydrogen) atoms. The summed E-state index contributed by atoms with van der Waals surface area (Å²) in [6.07, 6.45) is 1.39. The van der Waals surface area contributed by atoms with Gasteiger partial charge in [0.15, 0.2) is 5.60 Å². The van der Waals surface area contributed by atoms with Crippen molar-refractivity contribution < 1.29 is 33.7 Å². The van der Waals surface area contributed by atoms with Crippen LogP contribution < -0.4 is 0 Å². The number of nitrogens with zero attached hydrogens (tertiary/aromatic N) is 2. The fourth-order valence-electron chi connectivity index (χ4n) is 3.31. The van der Waals surface area contributed by atoms with Gasteiger partial charge in [0.1, 0.15) is 5.82 Å². The number of benzene rings is 2. The van der Waals surface area contributed by atoms with Crippen LogP contribution in [0.5, 0.6) is 0 Å². The second-order valence-electron chi connectivity index (χ2n) is 7.11. The quantitative estimate of drug-likeness (QED) is 0.549. The van der Waals surface area contributed by atoms with Gasteiger partial charge in [-0.15, -0.1) is 0 Å². The molecular weight excluding hydrogens is 407 g/mol. The summed E-state index contributed by atoms with van der Waals surface area (Å²) in [4.78, 5) is 32.7. The summed E-state index contributed by atoms with van der Waals surface area (Å²) in [6, 6.07) is 13.1. The third-order valence-electron chi connectivity index (χ3n) is 4.70. The van der Waals surface area contributed by atoms with Crippen LogP contribution in [0, 0.1) is 17.1 Å². The van der Waals surface area contributed by atoms with Gasteiger partial charge in [0, 0.05) is 11.1 Å². The Bertz CT molecular complexity index is 1020. The van der Waals surface area contributed by atoms with Gasteiger partial charge in [-0.2, -0.15) is 5.26 Å². The molecule has 1 aliphatic rings. The molecule has 8 nitrogen and oxygen atoms in total. The first kappa shape index (κ1) is 23.5. The molecule has 9 heteroatoms. The van der Waals surface area contributed by atoms with Crippen molar-refractivity contribution in [2.24, 2.45) is 0 Å². The maximum absolute atomic E-state index is 13.4. The molecule has 0 saturated carbocycles. The number of carboxylic acids is 2. The molecule has 0 aromatic heterocycles. The van der Waals surface area contributed by atoms with Gasteiger partial charge in [-0.05, 0) is 57.7 Å². The van der Waals surface area contributed by atoms with Crippen LogP contribution in [-0.4, -0.2) is 53.7 Å². The molecule has 0 bridgehead atoms. The Morgan fingerprint density at radius 3 is 2.26 bits per heavy atom. The Hall–Kier alpha value is -3.77. The molecule has 0 aliphatic carbocycles. The van der Waals surface area contributed by atoms with E-state index < -0.39 is 23.5 Å². The molecule has 0 amide bonds. The van der Waals surface area contributed by atoms with E-state index in [1.165, 1.54) is 12.1 Å². The predicted octanol–water partition coefficient (Wildman–Crippen LogP) is 2.61. The largest absolute Gasteiger partial charge is 0.473 e. The summed E-state index contributed by atoms with van der Waals surface area (Å²) < 4.78 is 19.2. The Labute approximate surface area is 178 Å². The molecule has 0 radical (unpaired) electrons. The first-order valence-electron chi connectivity index (χ1n) is 9.25. The van der Waals surface area contributed by atoms with Crippen LogP contribution in [0.3, 0.4) is 0 Å². The molecule has 1 aliphatic heterocycles. The molecule has 0 saturated heterocycles. The number of carbonyl (C=O) groups is 3. The summed E-state index contributed by atoms with van der Waals surface area (Å²) in [5, 5.41) is 23.9. The van der Waals surface area contributed by atoms with Gasteiger partial charge in [-0.25, -0.2) is 18.8 Å². The van der Waals surface area contributed by atoms with Crippen LogP contribution in [0.4, 0.5) is 4.39 Å². The second-order valence-corrected chi connectivity index (χ2v) is 7.11. The normalized spacial score (nSPS) is 16.5. The van der Waals surface area contributed by atoms with Crippen LogP contribution >= 0.6 is 0 Å². The molecule has 3 rings (SSSR count). The number of ether oxygens (including phenoxy) is 1. The topological polar surface area (TPSA) is 128 Å². The molecule has 2 N–H and O–H groups in total. The lowest BCUT2D eigenvalue weighted by Crippen LogP contribution is -2.29. The summed E-state index contributed by atoms with van der Waals surface area (Å²) in [5.41, 5.74) is 1.36. The van der Waals surface area contributed by atoms with Crippen LogP contribution in [0.15, 0.2) is 42.5 Å². The third-order valence-corrected chi connectivity index (χ3v) is 4.70. The molecule has 0 spiro atoms. The molecule has 1 unspecified atom stereocenters. The van der Waals surface area contributed by atoms with Gasteiger partial charge in [-0.3, -0.25) is 0 Å². The van der Waals surface area contributed by atoms with Crippen molar-refractivity contribution in [3.63, 3.8) is 0 Å². The summed E-state index contributed by atoms with van der Waals surface area (Å²) in [5.74, 6) is -4.43. The number of halogens is 1. The van der Waals surface area contributed by atoms with Gasteiger partial charge in [0.2, 0.25) is 0 Å². The van der Waals surface area contributed by atoms with Gasteiger partial charge < -0.3 is 19.8 Å². The van der Waals surface area contributed by atoms with Gasteiger partial charge in [0.05, 0.1) is 17.2 Å². The maximum atomic E-state index is 13.4. The van der Waals surface area contributed by atoms with Gasteiger partial charge >= 0.3 is 17.9 Å². The summed E-state index contributed by atoms with van der Waals surface area (Å²) >= 11 is 0. The smallest absolute Gasteiger partial charge is 0.414 e. The van der Waals surface area contributed by atoms with E-state index in [4.69, 9.17) is 29.8 Å². The van der Waals surface area contributed by atoms with E-state index in [9.17, 15) is 9.18 Å². The van der Waals surface area contributed by atoms with E-state index in [-0.39, 0.29) is 5.82 Å². The monoisotopic (exact) mass is 428 g/mol. The average Bonchev–Trinajstić information content (AvgIpc) is 3.00. The van der Waals surface area contributed by atoms with E-state index >= 15 is 0 Å². The zero-order valence-corrected chi connectivity index (χ0v) is 17.0. The lowest BCUT2D eigenvalue weighted by atomic mass is 9.81. The zero-order valence-electron chi connectivity index (χ0n) is 17.0. The Kier molecular flexibility index (Phi) is 7.45. The van der Waals surface area contributed by atoms with Crippen molar-refractivity contribution in [1.29, 1.82) is 5.26 Å².